The molecule has 0 saturated carbocycles. The van der Waals surface area contributed by atoms with Gasteiger partial charge in [0.1, 0.15) is 0 Å². The van der Waals surface area contributed by atoms with Crippen molar-refractivity contribution in [3.05, 3.63) is 57.6 Å². The maximum atomic E-state index is 12.1. The van der Waals surface area contributed by atoms with Gasteiger partial charge in [0.25, 0.3) is 5.91 Å². The molecule has 0 aliphatic carbocycles. The van der Waals surface area contributed by atoms with Crippen molar-refractivity contribution in [1.82, 2.24) is 10.9 Å². The number of rotatable bonds is 4. The lowest BCUT2D eigenvalue weighted by molar-refractivity contribution is -0.121. The van der Waals surface area contributed by atoms with Gasteiger partial charge in [0.05, 0.1) is 28.8 Å². The van der Waals surface area contributed by atoms with Crippen molar-refractivity contribution in [1.29, 1.82) is 0 Å². The third-order valence-electron chi connectivity index (χ3n) is 3.96. The molecule has 0 saturated heterocycles. The van der Waals surface area contributed by atoms with Gasteiger partial charge in [0.2, 0.25) is 5.91 Å². The molecule has 0 atom stereocenters. The Morgan fingerprint density at radius 3 is 2.41 bits per heavy atom. The maximum absolute atomic E-state index is 12.1. The molecule has 1 heterocycles. The minimum Gasteiger partial charge on any atom is -0.490 e. The van der Waals surface area contributed by atoms with Gasteiger partial charge in [-0.15, -0.1) is 0 Å². The largest absolute Gasteiger partial charge is 0.490 e. The van der Waals surface area contributed by atoms with Crippen LogP contribution in [0.25, 0.3) is 0 Å². The van der Waals surface area contributed by atoms with Crippen molar-refractivity contribution in [2.45, 2.75) is 19.3 Å². The van der Waals surface area contributed by atoms with Crippen LogP contribution in [0.3, 0.4) is 0 Å². The molecule has 2 aromatic rings. The van der Waals surface area contributed by atoms with Crippen LogP contribution in [0.2, 0.25) is 10.0 Å². The number of benzene rings is 2. The first kappa shape index (κ1) is 19.3. The van der Waals surface area contributed by atoms with Gasteiger partial charge in [-0.2, -0.15) is 0 Å². The number of fused-ring (bicyclic) bond motifs is 1. The molecule has 2 N–H and O–H groups in total. The first-order chi connectivity index (χ1) is 13.0. The average molecular weight is 409 g/mol. The zero-order chi connectivity index (χ0) is 19.2. The van der Waals surface area contributed by atoms with Gasteiger partial charge in [-0.1, -0.05) is 35.3 Å². The summed E-state index contributed by atoms with van der Waals surface area (Å²) in [5.74, 6) is 0.491. The fourth-order valence-electron chi connectivity index (χ4n) is 2.59. The summed E-state index contributed by atoms with van der Waals surface area (Å²) in [7, 11) is 0. The number of halogens is 2. The highest BCUT2D eigenvalue weighted by Gasteiger charge is 2.15. The van der Waals surface area contributed by atoms with E-state index in [-0.39, 0.29) is 27.9 Å². The smallest absolute Gasteiger partial charge is 0.272 e. The van der Waals surface area contributed by atoms with Crippen molar-refractivity contribution in [3.63, 3.8) is 0 Å². The highest BCUT2D eigenvalue weighted by Crippen LogP contribution is 2.30. The lowest BCUT2D eigenvalue weighted by Crippen LogP contribution is -2.41. The standard InChI is InChI=1S/C19H18Cl2N2O4/c20-13-3-1-4-14(21)18(13)19(25)23-22-17(24)8-6-12-5-7-15-16(11-12)27-10-2-9-26-15/h1,3-5,7,11H,2,6,8-10H2,(H,22,24)(H,23,25). The predicted octanol–water partition coefficient (Wildman–Crippen LogP) is 3.55. The number of hydrogen-bond donors (Lipinski definition) is 2. The quantitative estimate of drug-likeness (QED) is 0.758. The van der Waals surface area contributed by atoms with E-state index >= 15 is 0 Å². The minimum absolute atomic E-state index is 0.115. The Morgan fingerprint density at radius 1 is 0.963 bits per heavy atom. The third kappa shape index (κ3) is 5.05. The van der Waals surface area contributed by atoms with Crippen LogP contribution < -0.4 is 20.3 Å². The van der Waals surface area contributed by atoms with Crippen LogP contribution in [0.4, 0.5) is 0 Å². The van der Waals surface area contributed by atoms with E-state index in [1.165, 1.54) is 0 Å². The summed E-state index contributed by atoms with van der Waals surface area (Å²) in [6, 6.07) is 10.3. The molecule has 0 aromatic heterocycles. The van der Waals surface area contributed by atoms with Gasteiger partial charge in [-0.3, -0.25) is 20.4 Å². The first-order valence-electron chi connectivity index (χ1n) is 8.46. The Morgan fingerprint density at radius 2 is 1.67 bits per heavy atom. The van der Waals surface area contributed by atoms with E-state index < -0.39 is 5.91 Å². The number of hydrazine groups is 1. The summed E-state index contributed by atoms with van der Waals surface area (Å²) in [4.78, 5) is 24.2. The number of carbonyl (C=O) groups excluding carboxylic acids is 2. The summed E-state index contributed by atoms with van der Waals surface area (Å²) >= 11 is 11.9. The molecule has 142 valence electrons. The van der Waals surface area contributed by atoms with Crippen molar-refractivity contribution in [3.8, 4) is 11.5 Å². The zero-order valence-corrected chi connectivity index (χ0v) is 15.9. The molecule has 0 radical (unpaired) electrons. The average Bonchev–Trinajstić information content (AvgIpc) is 2.89. The molecule has 1 aliphatic rings. The Bertz CT molecular complexity index is 837. The second-order valence-corrected chi connectivity index (χ2v) is 6.74. The summed E-state index contributed by atoms with van der Waals surface area (Å²) in [5, 5.41) is 0.419. The fourth-order valence-corrected chi connectivity index (χ4v) is 3.16. The Balaban J connectivity index is 1.51. The van der Waals surface area contributed by atoms with Gasteiger partial charge in [0.15, 0.2) is 11.5 Å². The summed E-state index contributed by atoms with van der Waals surface area (Å²) in [6.45, 7) is 1.23. The molecule has 0 spiro atoms. The number of ether oxygens (including phenoxy) is 2. The molecule has 6 nitrogen and oxygen atoms in total. The summed E-state index contributed by atoms with van der Waals surface area (Å²) < 4.78 is 11.2. The molecular formula is C19H18Cl2N2O4. The van der Waals surface area contributed by atoms with Gasteiger partial charge < -0.3 is 9.47 Å². The monoisotopic (exact) mass is 408 g/mol. The van der Waals surface area contributed by atoms with Gasteiger partial charge in [-0.25, -0.2) is 0 Å². The van der Waals surface area contributed by atoms with Gasteiger partial charge in [0, 0.05) is 12.8 Å². The highest BCUT2D eigenvalue weighted by molar-refractivity contribution is 6.39. The topological polar surface area (TPSA) is 76.7 Å². The normalized spacial score (nSPS) is 12.8. The number of amides is 2. The first-order valence-corrected chi connectivity index (χ1v) is 9.22. The molecule has 0 fully saturated rings. The molecule has 2 amide bonds. The molecule has 1 aliphatic heterocycles. The molecule has 8 heteroatoms. The number of nitrogens with one attached hydrogen (secondary N) is 2. The predicted molar refractivity (Wildman–Crippen MR) is 102 cm³/mol. The molecule has 2 aromatic carbocycles. The lowest BCUT2D eigenvalue weighted by Gasteiger charge is -2.11. The number of aryl methyl sites for hydroxylation is 1. The molecule has 27 heavy (non-hydrogen) atoms. The van der Waals surface area contributed by atoms with Crippen molar-refractivity contribution in [2.24, 2.45) is 0 Å². The fraction of sp³-hybridized carbons (Fsp3) is 0.263. The summed E-state index contributed by atoms with van der Waals surface area (Å²) in [5.41, 5.74) is 5.74. The van der Waals surface area contributed by atoms with E-state index in [4.69, 9.17) is 32.7 Å². The van der Waals surface area contributed by atoms with Crippen LogP contribution in [0.5, 0.6) is 11.5 Å². The maximum Gasteiger partial charge on any atom is 0.272 e. The Labute approximate surface area is 166 Å². The van der Waals surface area contributed by atoms with Crippen molar-refractivity contribution in [2.75, 3.05) is 13.2 Å². The molecule has 0 bridgehead atoms. The van der Waals surface area contributed by atoms with Crippen LogP contribution in [0.1, 0.15) is 28.8 Å². The Hall–Kier alpha value is -2.44. The summed E-state index contributed by atoms with van der Waals surface area (Å²) in [6.07, 6.45) is 1.52. The van der Waals surface area contributed by atoms with E-state index in [1.54, 1.807) is 18.2 Å². The van der Waals surface area contributed by atoms with Crippen LogP contribution in [0.15, 0.2) is 36.4 Å². The highest BCUT2D eigenvalue weighted by atomic mass is 35.5. The van der Waals surface area contributed by atoms with E-state index in [0.717, 1.165) is 12.0 Å². The van der Waals surface area contributed by atoms with Gasteiger partial charge in [-0.05, 0) is 36.2 Å². The van der Waals surface area contributed by atoms with Crippen LogP contribution in [-0.2, 0) is 11.2 Å². The molecule has 0 unspecified atom stereocenters. The second kappa shape index (κ2) is 8.97. The Kier molecular flexibility index (Phi) is 6.42. The zero-order valence-electron chi connectivity index (χ0n) is 14.4. The van der Waals surface area contributed by atoms with E-state index in [1.807, 2.05) is 18.2 Å². The van der Waals surface area contributed by atoms with Crippen molar-refractivity contribution >= 4 is 35.0 Å². The van der Waals surface area contributed by atoms with Crippen molar-refractivity contribution < 1.29 is 19.1 Å². The number of carbonyl (C=O) groups is 2. The minimum atomic E-state index is -0.575. The van der Waals surface area contributed by atoms with E-state index in [9.17, 15) is 9.59 Å². The van der Waals surface area contributed by atoms with Crippen LogP contribution in [0, 0.1) is 0 Å². The third-order valence-corrected chi connectivity index (χ3v) is 4.59. The van der Waals surface area contributed by atoms with E-state index in [0.29, 0.717) is 31.1 Å². The second-order valence-electron chi connectivity index (χ2n) is 5.93. The van der Waals surface area contributed by atoms with Gasteiger partial charge >= 0.3 is 0 Å². The lowest BCUT2D eigenvalue weighted by atomic mass is 10.1. The SMILES string of the molecule is O=C(CCc1ccc2c(c1)OCCCO2)NNC(=O)c1c(Cl)cccc1Cl. The number of hydrogen-bond acceptors (Lipinski definition) is 4. The van der Waals surface area contributed by atoms with E-state index in [2.05, 4.69) is 10.9 Å². The van der Waals surface area contributed by atoms with Crippen LogP contribution in [-0.4, -0.2) is 25.0 Å². The molecule has 3 rings (SSSR count). The van der Waals surface area contributed by atoms with Crippen LogP contribution >= 0.6 is 23.2 Å². The molecular weight excluding hydrogens is 391 g/mol.